The molecule has 1 saturated heterocycles. The number of aryl methyl sites for hydroxylation is 1. The van der Waals surface area contributed by atoms with E-state index in [9.17, 15) is 9.59 Å². The van der Waals surface area contributed by atoms with Gasteiger partial charge in [0.25, 0.3) is 0 Å². The van der Waals surface area contributed by atoms with Crippen LogP contribution in [0.3, 0.4) is 0 Å². The summed E-state index contributed by atoms with van der Waals surface area (Å²) in [5.74, 6) is -1.43. The fourth-order valence-corrected chi connectivity index (χ4v) is 3.92. The molecule has 148 valence electrons. The van der Waals surface area contributed by atoms with Crippen molar-refractivity contribution >= 4 is 29.2 Å². The van der Waals surface area contributed by atoms with E-state index >= 15 is 0 Å². The van der Waals surface area contributed by atoms with E-state index in [0.29, 0.717) is 18.1 Å². The molecule has 2 aromatic rings. The third kappa shape index (κ3) is 4.47. The van der Waals surface area contributed by atoms with Crippen LogP contribution in [0.15, 0.2) is 48.5 Å². The number of hydrogen-bond acceptors (Lipinski definition) is 3. The van der Waals surface area contributed by atoms with Crippen molar-refractivity contribution in [2.24, 2.45) is 0 Å². The van der Waals surface area contributed by atoms with Crippen LogP contribution in [-0.2, 0) is 9.59 Å². The average molecular weight is 401 g/mol. The second-order valence-electron chi connectivity index (χ2n) is 7.24. The molecule has 3 rings (SSSR count). The zero-order valence-corrected chi connectivity index (χ0v) is 16.9. The number of carbonyl (C=O) groups is 2. The molecule has 0 spiro atoms. The molecule has 6 heteroatoms. The van der Waals surface area contributed by atoms with Gasteiger partial charge >= 0.3 is 5.97 Å². The van der Waals surface area contributed by atoms with Gasteiger partial charge in [-0.15, -0.1) is 0 Å². The number of carboxylic acids is 1. The topological polar surface area (TPSA) is 60.9 Å². The standard InChI is InChI=1S/C22H25ClN2O3/c1-3-18-13-24(21(26)12-22(27)28)14-20(16-6-4-15(2)5-7-16)25(18)19-10-8-17(23)9-11-19/h4-11,18,20H,3,12-14H2,1-2H3,(H,27,28). The fraction of sp³-hybridized carbons (Fsp3) is 0.364. The molecule has 5 nitrogen and oxygen atoms in total. The minimum absolute atomic E-state index is 0.0572. The number of carboxylic acid groups (broad SMARTS) is 1. The fourth-order valence-electron chi connectivity index (χ4n) is 3.80. The van der Waals surface area contributed by atoms with Crippen LogP contribution in [0.1, 0.15) is 36.9 Å². The molecule has 1 amide bonds. The van der Waals surface area contributed by atoms with Gasteiger partial charge in [0.1, 0.15) is 6.42 Å². The Kier molecular flexibility index (Phi) is 6.25. The van der Waals surface area contributed by atoms with E-state index in [1.807, 2.05) is 31.2 Å². The molecule has 0 aromatic heterocycles. The number of aliphatic carboxylic acids is 1. The van der Waals surface area contributed by atoms with Crippen LogP contribution in [0, 0.1) is 6.92 Å². The van der Waals surface area contributed by atoms with Crippen LogP contribution in [0.25, 0.3) is 0 Å². The van der Waals surface area contributed by atoms with Crippen molar-refractivity contribution in [3.63, 3.8) is 0 Å². The summed E-state index contributed by atoms with van der Waals surface area (Å²) >= 11 is 6.08. The number of anilines is 1. The minimum atomic E-state index is -1.09. The highest BCUT2D eigenvalue weighted by Crippen LogP contribution is 2.35. The first-order valence-electron chi connectivity index (χ1n) is 9.49. The molecule has 1 N–H and O–H groups in total. The van der Waals surface area contributed by atoms with E-state index in [4.69, 9.17) is 16.7 Å². The van der Waals surface area contributed by atoms with Crippen LogP contribution < -0.4 is 4.90 Å². The van der Waals surface area contributed by atoms with Crippen molar-refractivity contribution < 1.29 is 14.7 Å². The maximum absolute atomic E-state index is 12.5. The highest BCUT2D eigenvalue weighted by molar-refractivity contribution is 6.30. The van der Waals surface area contributed by atoms with Crippen molar-refractivity contribution in [3.05, 3.63) is 64.7 Å². The molecule has 2 atom stereocenters. The molecule has 0 aliphatic carbocycles. The third-order valence-electron chi connectivity index (χ3n) is 5.27. The lowest BCUT2D eigenvalue weighted by molar-refractivity contribution is -0.144. The first-order valence-corrected chi connectivity index (χ1v) is 9.87. The summed E-state index contributed by atoms with van der Waals surface area (Å²) in [4.78, 5) is 27.6. The van der Waals surface area contributed by atoms with Crippen LogP contribution in [-0.4, -0.2) is 41.0 Å². The van der Waals surface area contributed by atoms with Gasteiger partial charge in [-0.2, -0.15) is 0 Å². The number of benzene rings is 2. The molecule has 2 unspecified atom stereocenters. The summed E-state index contributed by atoms with van der Waals surface area (Å²) in [7, 11) is 0. The Morgan fingerprint density at radius 1 is 1.07 bits per heavy atom. The maximum atomic E-state index is 12.5. The van der Waals surface area contributed by atoms with Gasteiger partial charge in [-0.1, -0.05) is 48.4 Å². The predicted octanol–water partition coefficient (Wildman–Crippen LogP) is 4.29. The molecule has 1 fully saturated rings. The Morgan fingerprint density at radius 2 is 1.71 bits per heavy atom. The Labute approximate surface area is 170 Å². The minimum Gasteiger partial charge on any atom is -0.481 e. The van der Waals surface area contributed by atoms with E-state index in [2.05, 4.69) is 36.1 Å². The van der Waals surface area contributed by atoms with Gasteiger partial charge in [0.15, 0.2) is 0 Å². The lowest BCUT2D eigenvalue weighted by Crippen LogP contribution is -2.56. The maximum Gasteiger partial charge on any atom is 0.312 e. The zero-order chi connectivity index (χ0) is 20.3. The Balaban J connectivity index is 1.99. The monoisotopic (exact) mass is 400 g/mol. The van der Waals surface area contributed by atoms with E-state index in [-0.39, 0.29) is 18.0 Å². The third-order valence-corrected chi connectivity index (χ3v) is 5.52. The van der Waals surface area contributed by atoms with Crippen molar-refractivity contribution in [2.45, 2.75) is 38.8 Å². The predicted molar refractivity (Wildman–Crippen MR) is 111 cm³/mol. The van der Waals surface area contributed by atoms with Crippen LogP contribution in [0.4, 0.5) is 5.69 Å². The summed E-state index contributed by atoms with van der Waals surface area (Å²) in [5.41, 5.74) is 3.32. The van der Waals surface area contributed by atoms with Crippen LogP contribution >= 0.6 is 11.6 Å². The number of halogens is 1. The quantitative estimate of drug-likeness (QED) is 0.760. The van der Waals surface area contributed by atoms with Crippen molar-refractivity contribution in [2.75, 3.05) is 18.0 Å². The first-order chi connectivity index (χ1) is 13.4. The number of amides is 1. The van der Waals surface area contributed by atoms with Crippen molar-refractivity contribution in [3.8, 4) is 0 Å². The molecule has 2 aromatic carbocycles. The molecule has 0 saturated carbocycles. The summed E-state index contributed by atoms with van der Waals surface area (Å²) in [6.45, 7) is 5.09. The van der Waals surface area contributed by atoms with Crippen LogP contribution in [0.5, 0.6) is 0 Å². The number of rotatable bonds is 5. The highest BCUT2D eigenvalue weighted by Gasteiger charge is 2.36. The lowest BCUT2D eigenvalue weighted by Gasteiger charge is -2.48. The van der Waals surface area contributed by atoms with Gasteiger partial charge < -0.3 is 14.9 Å². The largest absolute Gasteiger partial charge is 0.481 e. The van der Waals surface area contributed by atoms with Crippen LogP contribution in [0.2, 0.25) is 5.02 Å². The van der Waals surface area contributed by atoms with Gasteiger partial charge in [0, 0.05) is 29.8 Å². The Bertz CT molecular complexity index is 836. The number of hydrogen-bond donors (Lipinski definition) is 1. The number of piperazine rings is 1. The molecule has 28 heavy (non-hydrogen) atoms. The SMILES string of the molecule is CCC1CN(C(=O)CC(=O)O)CC(c2ccc(C)cc2)N1c1ccc(Cl)cc1. The molecule has 0 radical (unpaired) electrons. The first kappa shape index (κ1) is 20.2. The van der Waals surface area contributed by atoms with Gasteiger partial charge in [-0.25, -0.2) is 0 Å². The molecule has 1 heterocycles. The smallest absolute Gasteiger partial charge is 0.312 e. The second-order valence-corrected chi connectivity index (χ2v) is 7.68. The normalized spacial score (nSPS) is 19.5. The summed E-state index contributed by atoms with van der Waals surface area (Å²) in [6.07, 6.45) is 0.361. The molecular weight excluding hydrogens is 376 g/mol. The summed E-state index contributed by atoms with van der Waals surface area (Å²) in [6, 6.07) is 16.1. The number of carbonyl (C=O) groups excluding carboxylic acids is 1. The zero-order valence-electron chi connectivity index (χ0n) is 16.1. The average Bonchev–Trinajstić information content (AvgIpc) is 2.68. The summed E-state index contributed by atoms with van der Waals surface area (Å²) in [5, 5.41) is 9.72. The van der Waals surface area contributed by atoms with E-state index in [1.165, 1.54) is 5.56 Å². The van der Waals surface area contributed by atoms with Gasteiger partial charge in [-0.3, -0.25) is 9.59 Å². The molecular formula is C22H25ClN2O3. The van der Waals surface area contributed by atoms with Gasteiger partial charge in [-0.05, 0) is 43.2 Å². The van der Waals surface area contributed by atoms with E-state index in [1.54, 1.807) is 4.90 Å². The molecule has 1 aliphatic rings. The molecule has 0 bridgehead atoms. The Morgan fingerprint density at radius 3 is 2.29 bits per heavy atom. The second kappa shape index (κ2) is 8.65. The van der Waals surface area contributed by atoms with E-state index in [0.717, 1.165) is 17.7 Å². The van der Waals surface area contributed by atoms with Crippen molar-refractivity contribution in [1.82, 2.24) is 4.90 Å². The van der Waals surface area contributed by atoms with Crippen molar-refractivity contribution in [1.29, 1.82) is 0 Å². The summed E-state index contributed by atoms with van der Waals surface area (Å²) < 4.78 is 0. The van der Waals surface area contributed by atoms with Gasteiger partial charge in [0.2, 0.25) is 5.91 Å². The van der Waals surface area contributed by atoms with E-state index < -0.39 is 12.4 Å². The lowest BCUT2D eigenvalue weighted by atomic mass is 9.95. The highest BCUT2D eigenvalue weighted by atomic mass is 35.5. The Hall–Kier alpha value is -2.53. The number of nitrogens with zero attached hydrogens (tertiary/aromatic N) is 2. The van der Waals surface area contributed by atoms with Gasteiger partial charge in [0.05, 0.1) is 6.04 Å². The molecule has 1 aliphatic heterocycles.